The summed E-state index contributed by atoms with van der Waals surface area (Å²) in [6.45, 7) is 0.962. The molecule has 0 aliphatic carbocycles. The summed E-state index contributed by atoms with van der Waals surface area (Å²) in [6.07, 6.45) is 0. The summed E-state index contributed by atoms with van der Waals surface area (Å²) in [7, 11) is 0. The Morgan fingerprint density at radius 2 is 1.83 bits per heavy atom. The molecule has 2 aromatic rings. The van der Waals surface area contributed by atoms with Crippen LogP contribution in [0.5, 0.6) is 5.75 Å². The highest BCUT2D eigenvalue weighted by Gasteiger charge is 2.09. The van der Waals surface area contributed by atoms with E-state index in [1.807, 2.05) is 12.1 Å². The van der Waals surface area contributed by atoms with Crippen molar-refractivity contribution in [1.29, 1.82) is 0 Å². The molecule has 0 saturated heterocycles. The predicted molar refractivity (Wildman–Crippen MR) is 70.6 cm³/mol. The Balaban J connectivity index is 1.94. The molecule has 0 aliphatic rings. The third kappa shape index (κ3) is 3.28. The van der Waals surface area contributed by atoms with Crippen molar-refractivity contribution in [2.75, 3.05) is 0 Å². The summed E-state index contributed by atoms with van der Waals surface area (Å²) >= 11 is 4.96. The van der Waals surface area contributed by atoms with Crippen LogP contribution in [0.15, 0.2) is 28.1 Å². The second kappa shape index (κ2) is 5.77. The quantitative estimate of drug-likeness (QED) is 0.892. The monoisotopic (exact) mass is 333 g/mol. The van der Waals surface area contributed by atoms with E-state index >= 15 is 0 Å². The normalized spacial score (nSPS) is 10.8. The largest absolute Gasteiger partial charge is 0.503 e. The standard InChI is InChI=1S/C12H10BrF2NOS/c13-11-2-1-8(18-11)6-16-5-7-3-9(14)12(17)10(15)4-7/h1-4,16-17H,5-6H2. The van der Waals surface area contributed by atoms with E-state index in [2.05, 4.69) is 21.2 Å². The molecule has 2 nitrogen and oxygen atoms in total. The fourth-order valence-electron chi connectivity index (χ4n) is 1.50. The van der Waals surface area contributed by atoms with Crippen LogP contribution in [0.2, 0.25) is 0 Å². The third-order valence-electron chi connectivity index (χ3n) is 2.33. The maximum atomic E-state index is 13.1. The first-order valence-corrected chi connectivity index (χ1v) is 6.79. The average Bonchev–Trinajstić information content (AvgIpc) is 2.72. The van der Waals surface area contributed by atoms with Crippen LogP contribution in [-0.4, -0.2) is 5.11 Å². The Morgan fingerprint density at radius 1 is 1.17 bits per heavy atom. The summed E-state index contributed by atoms with van der Waals surface area (Å²) in [5.74, 6) is -2.81. The molecule has 0 amide bonds. The van der Waals surface area contributed by atoms with Crippen molar-refractivity contribution in [2.45, 2.75) is 13.1 Å². The molecule has 0 spiro atoms. The number of hydrogen-bond donors (Lipinski definition) is 2. The van der Waals surface area contributed by atoms with Gasteiger partial charge in [-0.1, -0.05) is 0 Å². The van der Waals surface area contributed by atoms with Crippen molar-refractivity contribution in [3.8, 4) is 5.75 Å². The van der Waals surface area contributed by atoms with Crippen LogP contribution in [0.3, 0.4) is 0 Å². The van der Waals surface area contributed by atoms with Crippen LogP contribution >= 0.6 is 27.3 Å². The number of thiophene rings is 1. The molecule has 2 rings (SSSR count). The van der Waals surface area contributed by atoms with Crippen molar-refractivity contribution in [3.63, 3.8) is 0 Å². The van der Waals surface area contributed by atoms with Gasteiger partial charge in [-0.2, -0.15) is 0 Å². The first kappa shape index (κ1) is 13.5. The molecule has 2 N–H and O–H groups in total. The van der Waals surface area contributed by atoms with E-state index in [-0.39, 0.29) is 0 Å². The third-order valence-corrected chi connectivity index (χ3v) is 3.96. The van der Waals surface area contributed by atoms with Crippen LogP contribution in [0, 0.1) is 11.6 Å². The molecule has 0 bridgehead atoms. The van der Waals surface area contributed by atoms with Crippen molar-refractivity contribution >= 4 is 27.3 Å². The Labute approximate surface area is 115 Å². The molecule has 1 aromatic heterocycles. The number of halogens is 3. The minimum absolute atomic E-state index is 0.337. The van der Waals surface area contributed by atoms with Crippen molar-refractivity contribution in [1.82, 2.24) is 5.32 Å². The van der Waals surface area contributed by atoms with Crippen LogP contribution in [0.1, 0.15) is 10.4 Å². The van der Waals surface area contributed by atoms with Gasteiger partial charge in [0.25, 0.3) is 0 Å². The van der Waals surface area contributed by atoms with Crippen LogP contribution in [0.4, 0.5) is 8.78 Å². The highest BCUT2D eigenvalue weighted by atomic mass is 79.9. The molecular weight excluding hydrogens is 324 g/mol. The van der Waals surface area contributed by atoms with Gasteiger partial charge >= 0.3 is 0 Å². The highest BCUT2D eigenvalue weighted by Crippen LogP contribution is 2.23. The number of phenols is 1. The molecule has 0 unspecified atom stereocenters. The zero-order valence-corrected chi connectivity index (χ0v) is 11.6. The van der Waals surface area contributed by atoms with E-state index in [9.17, 15) is 8.78 Å². The molecule has 0 aliphatic heterocycles. The molecule has 1 heterocycles. The Hall–Kier alpha value is -0.980. The SMILES string of the molecule is Oc1c(F)cc(CNCc2ccc(Br)s2)cc1F. The van der Waals surface area contributed by atoms with E-state index < -0.39 is 17.4 Å². The van der Waals surface area contributed by atoms with Gasteiger partial charge in [-0.05, 0) is 45.8 Å². The lowest BCUT2D eigenvalue weighted by Crippen LogP contribution is -2.12. The number of nitrogens with one attached hydrogen (secondary N) is 1. The predicted octanol–water partition coefficient (Wildman–Crippen LogP) is 3.78. The Morgan fingerprint density at radius 3 is 2.39 bits per heavy atom. The summed E-state index contributed by atoms with van der Waals surface area (Å²) in [4.78, 5) is 1.13. The highest BCUT2D eigenvalue weighted by molar-refractivity contribution is 9.11. The maximum absolute atomic E-state index is 13.1. The van der Waals surface area contributed by atoms with Gasteiger partial charge in [0.2, 0.25) is 0 Å². The van der Waals surface area contributed by atoms with Gasteiger partial charge in [0.1, 0.15) is 0 Å². The molecule has 0 fully saturated rings. The minimum Gasteiger partial charge on any atom is -0.503 e. The fraction of sp³-hybridized carbons (Fsp3) is 0.167. The van der Waals surface area contributed by atoms with Gasteiger partial charge in [-0.15, -0.1) is 11.3 Å². The average molecular weight is 334 g/mol. The fourth-order valence-corrected chi connectivity index (χ4v) is 2.95. The van der Waals surface area contributed by atoms with Gasteiger partial charge in [-0.3, -0.25) is 0 Å². The number of phenolic OH excluding ortho intramolecular Hbond substituents is 1. The van der Waals surface area contributed by atoms with Gasteiger partial charge in [0.05, 0.1) is 3.79 Å². The zero-order chi connectivity index (χ0) is 13.1. The molecule has 96 valence electrons. The van der Waals surface area contributed by atoms with Gasteiger partial charge in [-0.25, -0.2) is 8.78 Å². The van der Waals surface area contributed by atoms with E-state index in [1.54, 1.807) is 11.3 Å². The van der Waals surface area contributed by atoms with Gasteiger partial charge < -0.3 is 10.4 Å². The summed E-state index contributed by atoms with van der Waals surface area (Å²) in [6, 6.07) is 6.16. The van der Waals surface area contributed by atoms with Gasteiger partial charge in [0, 0.05) is 18.0 Å². The maximum Gasteiger partial charge on any atom is 0.187 e. The molecule has 6 heteroatoms. The van der Waals surface area contributed by atoms with E-state index in [4.69, 9.17) is 5.11 Å². The van der Waals surface area contributed by atoms with Gasteiger partial charge in [0.15, 0.2) is 17.4 Å². The minimum atomic E-state index is -0.939. The van der Waals surface area contributed by atoms with E-state index in [0.717, 1.165) is 20.8 Å². The second-order valence-corrected chi connectivity index (χ2v) is 6.27. The van der Waals surface area contributed by atoms with E-state index in [0.29, 0.717) is 18.7 Å². The lowest BCUT2D eigenvalue weighted by Gasteiger charge is -2.05. The molecule has 1 aromatic carbocycles. The molecular formula is C12H10BrF2NOS. The number of rotatable bonds is 4. The lowest BCUT2D eigenvalue weighted by molar-refractivity contribution is 0.395. The molecule has 0 radical (unpaired) electrons. The van der Waals surface area contributed by atoms with Crippen molar-refractivity contribution in [3.05, 3.63) is 50.1 Å². The van der Waals surface area contributed by atoms with E-state index in [1.165, 1.54) is 0 Å². The van der Waals surface area contributed by atoms with Crippen LogP contribution in [0.25, 0.3) is 0 Å². The number of hydrogen-bond acceptors (Lipinski definition) is 3. The Kier molecular flexibility index (Phi) is 4.31. The topological polar surface area (TPSA) is 32.3 Å². The number of aromatic hydroxyl groups is 1. The first-order chi connectivity index (χ1) is 8.56. The van der Waals surface area contributed by atoms with Crippen molar-refractivity contribution < 1.29 is 13.9 Å². The smallest absolute Gasteiger partial charge is 0.187 e. The van der Waals surface area contributed by atoms with Crippen LogP contribution in [-0.2, 0) is 13.1 Å². The first-order valence-electron chi connectivity index (χ1n) is 5.18. The van der Waals surface area contributed by atoms with Crippen LogP contribution < -0.4 is 5.32 Å². The molecule has 0 saturated carbocycles. The molecule has 0 atom stereocenters. The number of benzene rings is 1. The molecule has 18 heavy (non-hydrogen) atoms. The zero-order valence-electron chi connectivity index (χ0n) is 9.21. The summed E-state index contributed by atoms with van der Waals surface area (Å²) in [5, 5.41) is 12.0. The summed E-state index contributed by atoms with van der Waals surface area (Å²) < 4.78 is 27.2. The lowest BCUT2D eigenvalue weighted by atomic mass is 10.2. The summed E-state index contributed by atoms with van der Waals surface area (Å²) in [5.41, 5.74) is 0.457. The Bertz CT molecular complexity index is 536. The second-order valence-electron chi connectivity index (χ2n) is 3.72. The van der Waals surface area contributed by atoms with Crippen molar-refractivity contribution in [2.24, 2.45) is 0 Å².